The molecule has 2 aliphatic heterocycles. The molecule has 118 valence electrons. The summed E-state index contributed by atoms with van der Waals surface area (Å²) in [6, 6.07) is 18.6. The zero-order chi connectivity index (χ0) is 16.0. The molecular weight excluding hydrogens is 354 g/mol. The molecule has 0 aromatic heterocycles. The van der Waals surface area contributed by atoms with Gasteiger partial charge in [-0.05, 0) is 43.2 Å². The number of hydrazine groups is 1. The summed E-state index contributed by atoms with van der Waals surface area (Å²) in [5.74, 6) is 0. The van der Waals surface area contributed by atoms with E-state index in [1.165, 1.54) is 0 Å². The van der Waals surface area contributed by atoms with Crippen LogP contribution in [0.25, 0.3) is 0 Å². The number of anilines is 1. The van der Waals surface area contributed by atoms with E-state index in [9.17, 15) is 4.79 Å². The number of hydrogen-bond donors (Lipinski definition) is 0. The highest BCUT2D eigenvalue weighted by atomic mass is 79.9. The van der Waals surface area contributed by atoms with Gasteiger partial charge >= 0.3 is 6.03 Å². The summed E-state index contributed by atoms with van der Waals surface area (Å²) in [4.78, 5) is 14.9. The van der Waals surface area contributed by atoms with E-state index in [-0.39, 0.29) is 12.2 Å². The number of carbonyl (C=O) groups is 1. The third-order valence-corrected chi connectivity index (χ3v) is 5.14. The number of fused-ring (bicyclic) bond motifs is 1. The van der Waals surface area contributed by atoms with Gasteiger partial charge in [0.25, 0.3) is 0 Å². The molecule has 0 saturated carbocycles. The Bertz CT molecular complexity index is 719. The molecule has 2 saturated heterocycles. The van der Waals surface area contributed by atoms with Gasteiger partial charge in [-0.1, -0.05) is 46.3 Å². The lowest BCUT2D eigenvalue weighted by Crippen LogP contribution is -2.36. The van der Waals surface area contributed by atoms with Crippen LogP contribution in [0.2, 0.25) is 0 Å². The molecule has 0 aliphatic carbocycles. The van der Waals surface area contributed by atoms with Crippen molar-refractivity contribution < 1.29 is 4.79 Å². The molecule has 0 unspecified atom stereocenters. The van der Waals surface area contributed by atoms with Crippen molar-refractivity contribution in [3.05, 3.63) is 64.6 Å². The van der Waals surface area contributed by atoms with Gasteiger partial charge in [0.05, 0.1) is 0 Å². The van der Waals surface area contributed by atoms with Gasteiger partial charge in [0.15, 0.2) is 0 Å². The minimum absolute atomic E-state index is 0.0634. The van der Waals surface area contributed by atoms with Gasteiger partial charge < -0.3 is 0 Å². The molecule has 0 bridgehead atoms. The fourth-order valence-corrected chi connectivity index (χ4v) is 3.75. The van der Waals surface area contributed by atoms with Crippen LogP contribution in [0.3, 0.4) is 0 Å². The number of carbonyl (C=O) groups excluding carboxylic acids is 1. The number of para-hydroxylation sites is 1. The van der Waals surface area contributed by atoms with Crippen LogP contribution in [0.4, 0.5) is 10.5 Å². The lowest BCUT2D eigenvalue weighted by Gasteiger charge is -2.31. The number of benzene rings is 2. The average molecular weight is 372 g/mol. The lowest BCUT2D eigenvalue weighted by molar-refractivity contribution is 0.0420. The molecule has 0 N–H and O–H groups in total. The average Bonchev–Trinajstić information content (AvgIpc) is 3.08. The normalized spacial score (nSPS) is 24.3. The Labute approximate surface area is 144 Å². The highest BCUT2D eigenvalue weighted by Crippen LogP contribution is 2.42. The van der Waals surface area contributed by atoms with Crippen molar-refractivity contribution in [3.8, 4) is 0 Å². The Morgan fingerprint density at radius 2 is 1.74 bits per heavy atom. The molecule has 2 aromatic rings. The first-order chi connectivity index (χ1) is 11.2. The van der Waals surface area contributed by atoms with Crippen LogP contribution in [0.15, 0.2) is 59.1 Å². The van der Waals surface area contributed by atoms with Crippen molar-refractivity contribution in [2.24, 2.45) is 0 Å². The molecule has 0 spiro atoms. The standard InChI is InChI=1S/C18H18BrN3O/c1-13-11-12-20-18(23)21(16-5-3-2-4-6-16)17(22(13)20)14-7-9-15(19)10-8-14/h2-10,13,17H,11-12H2,1H3/t13-,17-/m1/s1. The van der Waals surface area contributed by atoms with Crippen molar-refractivity contribution in [2.75, 3.05) is 11.4 Å². The predicted molar refractivity (Wildman–Crippen MR) is 93.8 cm³/mol. The molecule has 2 aromatic carbocycles. The zero-order valence-corrected chi connectivity index (χ0v) is 14.5. The number of nitrogens with zero attached hydrogens (tertiary/aromatic N) is 3. The Balaban J connectivity index is 1.82. The van der Waals surface area contributed by atoms with Crippen molar-refractivity contribution in [1.29, 1.82) is 0 Å². The van der Waals surface area contributed by atoms with E-state index in [1.807, 2.05) is 52.4 Å². The van der Waals surface area contributed by atoms with Crippen LogP contribution >= 0.6 is 15.9 Å². The Kier molecular flexibility index (Phi) is 3.62. The summed E-state index contributed by atoms with van der Waals surface area (Å²) in [6.45, 7) is 2.98. The second-order valence-corrected chi connectivity index (χ2v) is 6.97. The van der Waals surface area contributed by atoms with Crippen LogP contribution in [0.1, 0.15) is 25.1 Å². The van der Waals surface area contributed by atoms with E-state index < -0.39 is 0 Å². The van der Waals surface area contributed by atoms with Crippen molar-refractivity contribution in [2.45, 2.75) is 25.6 Å². The Hall–Kier alpha value is -1.85. The van der Waals surface area contributed by atoms with Crippen LogP contribution in [-0.2, 0) is 0 Å². The van der Waals surface area contributed by atoms with Crippen LogP contribution < -0.4 is 4.90 Å². The van der Waals surface area contributed by atoms with Crippen LogP contribution in [-0.4, -0.2) is 28.6 Å². The summed E-state index contributed by atoms with van der Waals surface area (Å²) >= 11 is 3.49. The number of urea groups is 1. The first kappa shape index (κ1) is 14.7. The maximum Gasteiger partial charge on any atom is 0.340 e. The maximum absolute atomic E-state index is 13.0. The molecule has 2 fully saturated rings. The minimum Gasteiger partial charge on any atom is -0.271 e. The van der Waals surface area contributed by atoms with E-state index in [2.05, 4.69) is 40.0 Å². The van der Waals surface area contributed by atoms with E-state index in [0.29, 0.717) is 6.04 Å². The summed E-state index contributed by atoms with van der Waals surface area (Å²) in [6.07, 6.45) is 0.928. The van der Waals surface area contributed by atoms with E-state index in [1.54, 1.807) is 0 Å². The van der Waals surface area contributed by atoms with Gasteiger partial charge in [-0.15, -0.1) is 0 Å². The minimum atomic E-state index is -0.0875. The van der Waals surface area contributed by atoms with Gasteiger partial charge in [0.2, 0.25) is 0 Å². The summed E-state index contributed by atoms with van der Waals surface area (Å²) in [5.41, 5.74) is 2.06. The van der Waals surface area contributed by atoms with Crippen molar-refractivity contribution >= 4 is 27.6 Å². The molecule has 2 atom stereocenters. The van der Waals surface area contributed by atoms with E-state index in [0.717, 1.165) is 28.7 Å². The van der Waals surface area contributed by atoms with E-state index in [4.69, 9.17) is 0 Å². The molecule has 2 aliphatic rings. The van der Waals surface area contributed by atoms with Gasteiger partial charge in [0, 0.05) is 22.7 Å². The maximum atomic E-state index is 13.0. The fourth-order valence-electron chi connectivity index (χ4n) is 3.49. The predicted octanol–water partition coefficient (Wildman–Crippen LogP) is 4.40. The third-order valence-electron chi connectivity index (χ3n) is 4.61. The SMILES string of the molecule is C[C@@H]1CCN2C(=O)N(c3ccccc3)[C@@H](c3ccc(Br)cc3)N12. The number of amides is 2. The molecule has 4 rings (SSSR count). The largest absolute Gasteiger partial charge is 0.340 e. The van der Waals surface area contributed by atoms with Gasteiger partial charge in [-0.3, -0.25) is 9.91 Å². The monoisotopic (exact) mass is 371 g/mol. The van der Waals surface area contributed by atoms with E-state index >= 15 is 0 Å². The molecule has 2 amide bonds. The summed E-state index contributed by atoms with van der Waals surface area (Å²) in [5, 5.41) is 4.11. The quantitative estimate of drug-likeness (QED) is 0.781. The van der Waals surface area contributed by atoms with Crippen LogP contribution in [0, 0.1) is 0 Å². The number of hydrogen-bond acceptors (Lipinski definition) is 2. The first-order valence-corrected chi connectivity index (χ1v) is 8.65. The summed E-state index contributed by atoms with van der Waals surface area (Å²) < 4.78 is 1.04. The second-order valence-electron chi connectivity index (χ2n) is 6.05. The zero-order valence-electron chi connectivity index (χ0n) is 12.9. The molecule has 4 nitrogen and oxygen atoms in total. The second kappa shape index (κ2) is 5.65. The summed E-state index contributed by atoms with van der Waals surface area (Å²) in [7, 11) is 0. The highest BCUT2D eigenvalue weighted by Gasteiger charge is 2.50. The smallest absolute Gasteiger partial charge is 0.271 e. The van der Waals surface area contributed by atoms with Crippen molar-refractivity contribution in [1.82, 2.24) is 10.0 Å². The number of halogens is 1. The van der Waals surface area contributed by atoms with Crippen molar-refractivity contribution in [3.63, 3.8) is 0 Å². The molecule has 0 radical (unpaired) electrons. The molecule has 2 heterocycles. The van der Waals surface area contributed by atoms with Crippen LogP contribution in [0.5, 0.6) is 0 Å². The third kappa shape index (κ3) is 2.35. The Morgan fingerprint density at radius 3 is 2.43 bits per heavy atom. The number of rotatable bonds is 2. The van der Waals surface area contributed by atoms with Gasteiger partial charge in [-0.2, -0.15) is 5.01 Å². The van der Waals surface area contributed by atoms with Gasteiger partial charge in [0.1, 0.15) is 6.17 Å². The topological polar surface area (TPSA) is 26.8 Å². The lowest BCUT2D eigenvalue weighted by atomic mass is 10.1. The fraction of sp³-hybridized carbons (Fsp3) is 0.278. The molecular formula is C18H18BrN3O. The highest BCUT2D eigenvalue weighted by molar-refractivity contribution is 9.10. The van der Waals surface area contributed by atoms with Gasteiger partial charge in [-0.25, -0.2) is 4.79 Å². The molecule has 5 heteroatoms. The molecule has 23 heavy (non-hydrogen) atoms. The Morgan fingerprint density at radius 1 is 1.04 bits per heavy atom. The first-order valence-electron chi connectivity index (χ1n) is 7.86.